The number of benzene rings is 1. The fourth-order valence-electron chi connectivity index (χ4n) is 2.70. The molecule has 0 aliphatic carbocycles. The average molecular weight is 266 g/mol. The molecule has 0 aliphatic rings. The van der Waals surface area contributed by atoms with Gasteiger partial charge in [0.05, 0.1) is 13.2 Å². The zero-order valence-corrected chi connectivity index (χ0v) is 12.2. The monoisotopic (exact) mass is 266 g/mol. The van der Waals surface area contributed by atoms with Crippen LogP contribution >= 0.6 is 0 Å². The van der Waals surface area contributed by atoms with Crippen molar-refractivity contribution in [1.82, 2.24) is 0 Å². The zero-order valence-electron chi connectivity index (χ0n) is 12.2. The van der Waals surface area contributed by atoms with Crippen molar-refractivity contribution in [1.29, 1.82) is 0 Å². The molecule has 0 saturated heterocycles. The molecule has 0 amide bonds. The molecule has 1 rings (SSSR count). The Balaban J connectivity index is 3.15. The van der Waals surface area contributed by atoms with Gasteiger partial charge in [0, 0.05) is 5.56 Å². The molecule has 0 atom stereocenters. The van der Waals surface area contributed by atoms with Crippen LogP contribution in [0.15, 0.2) is 12.1 Å². The second kappa shape index (κ2) is 6.92. The number of hydrogen-bond acceptors (Lipinski definition) is 3. The van der Waals surface area contributed by atoms with E-state index in [1.807, 2.05) is 0 Å². The van der Waals surface area contributed by atoms with E-state index < -0.39 is 0 Å². The lowest BCUT2D eigenvalue weighted by molar-refractivity contribution is 0.255. The fourth-order valence-corrected chi connectivity index (χ4v) is 2.70. The van der Waals surface area contributed by atoms with E-state index in [9.17, 15) is 15.3 Å². The van der Waals surface area contributed by atoms with Gasteiger partial charge in [0.1, 0.15) is 5.75 Å². The summed E-state index contributed by atoms with van der Waals surface area (Å²) in [6.45, 7) is 6.05. The van der Waals surface area contributed by atoms with Crippen LogP contribution in [0, 0.1) is 0 Å². The highest BCUT2D eigenvalue weighted by Crippen LogP contribution is 2.39. The SMILES string of the molecule is CCCCCC(C)(C)c1c(O)ccc(CO)c1CO. The summed E-state index contributed by atoms with van der Waals surface area (Å²) < 4.78 is 0. The molecule has 19 heavy (non-hydrogen) atoms. The van der Waals surface area contributed by atoms with Crippen LogP contribution in [0.2, 0.25) is 0 Å². The predicted octanol–water partition coefficient (Wildman–Crippen LogP) is 3.23. The summed E-state index contributed by atoms with van der Waals surface area (Å²) in [6, 6.07) is 3.29. The fraction of sp³-hybridized carbons (Fsp3) is 0.625. The topological polar surface area (TPSA) is 60.7 Å². The third-order valence-electron chi connectivity index (χ3n) is 3.80. The van der Waals surface area contributed by atoms with Crippen molar-refractivity contribution in [3.63, 3.8) is 0 Å². The highest BCUT2D eigenvalue weighted by Gasteiger charge is 2.27. The first-order valence-corrected chi connectivity index (χ1v) is 7.03. The van der Waals surface area contributed by atoms with Gasteiger partial charge in [-0.15, -0.1) is 0 Å². The zero-order chi connectivity index (χ0) is 14.5. The largest absolute Gasteiger partial charge is 0.508 e. The second-order valence-corrected chi connectivity index (χ2v) is 5.75. The summed E-state index contributed by atoms with van der Waals surface area (Å²) in [7, 11) is 0. The predicted molar refractivity (Wildman–Crippen MR) is 77.1 cm³/mol. The Hall–Kier alpha value is -1.06. The minimum absolute atomic E-state index is 0.117. The molecule has 0 fully saturated rings. The number of unbranched alkanes of at least 4 members (excludes halogenated alkanes) is 2. The minimum atomic E-state index is -0.206. The number of aromatic hydroxyl groups is 1. The molecule has 0 radical (unpaired) electrons. The van der Waals surface area contributed by atoms with E-state index >= 15 is 0 Å². The van der Waals surface area contributed by atoms with Gasteiger partial charge < -0.3 is 15.3 Å². The summed E-state index contributed by atoms with van der Waals surface area (Å²) in [5.74, 6) is 0.211. The molecule has 0 unspecified atom stereocenters. The summed E-state index contributed by atoms with van der Waals surface area (Å²) >= 11 is 0. The van der Waals surface area contributed by atoms with Crippen LogP contribution in [0.25, 0.3) is 0 Å². The standard InChI is InChI=1S/C16H26O3/c1-4-5-6-9-16(2,3)15-13(11-18)12(10-17)7-8-14(15)19/h7-8,17-19H,4-6,9-11H2,1-3H3. The summed E-state index contributed by atoms with van der Waals surface area (Å²) in [6.07, 6.45) is 4.37. The number of phenolic OH excluding ortho intramolecular Hbond substituents is 1. The van der Waals surface area contributed by atoms with E-state index in [0.717, 1.165) is 24.8 Å². The number of hydrogen-bond donors (Lipinski definition) is 3. The maximum Gasteiger partial charge on any atom is 0.119 e. The van der Waals surface area contributed by atoms with E-state index in [4.69, 9.17) is 0 Å². The molecule has 1 aromatic rings. The van der Waals surface area contributed by atoms with E-state index in [1.165, 1.54) is 6.42 Å². The Kier molecular flexibility index (Phi) is 5.83. The van der Waals surface area contributed by atoms with Crippen molar-refractivity contribution in [3.05, 3.63) is 28.8 Å². The van der Waals surface area contributed by atoms with Crippen LogP contribution in [0.1, 0.15) is 63.1 Å². The lowest BCUT2D eigenvalue weighted by Gasteiger charge is -2.29. The Morgan fingerprint density at radius 3 is 2.26 bits per heavy atom. The molecule has 3 heteroatoms. The van der Waals surface area contributed by atoms with E-state index in [1.54, 1.807) is 12.1 Å². The number of phenols is 1. The maximum atomic E-state index is 10.1. The Morgan fingerprint density at radius 2 is 1.74 bits per heavy atom. The van der Waals surface area contributed by atoms with Gasteiger partial charge in [-0.3, -0.25) is 0 Å². The van der Waals surface area contributed by atoms with Crippen molar-refractivity contribution in [3.8, 4) is 5.75 Å². The van der Waals surface area contributed by atoms with Gasteiger partial charge in [-0.25, -0.2) is 0 Å². The summed E-state index contributed by atoms with van der Waals surface area (Å²) in [4.78, 5) is 0. The lowest BCUT2D eigenvalue weighted by atomic mass is 9.76. The van der Waals surface area contributed by atoms with E-state index in [2.05, 4.69) is 20.8 Å². The van der Waals surface area contributed by atoms with Crippen molar-refractivity contribution in [2.75, 3.05) is 0 Å². The van der Waals surface area contributed by atoms with Crippen LogP contribution < -0.4 is 0 Å². The number of rotatable bonds is 7. The quantitative estimate of drug-likeness (QED) is 0.664. The van der Waals surface area contributed by atoms with Crippen molar-refractivity contribution >= 4 is 0 Å². The summed E-state index contributed by atoms with van der Waals surface area (Å²) in [5, 5.41) is 29.1. The van der Waals surface area contributed by atoms with Crippen LogP contribution in [0.5, 0.6) is 5.75 Å². The maximum absolute atomic E-state index is 10.1. The van der Waals surface area contributed by atoms with Gasteiger partial charge in [-0.2, -0.15) is 0 Å². The lowest BCUT2D eigenvalue weighted by Crippen LogP contribution is -2.20. The normalized spacial score (nSPS) is 11.8. The first kappa shape index (κ1) is 16.0. The molecule has 1 aromatic carbocycles. The summed E-state index contributed by atoms with van der Waals surface area (Å²) in [5.41, 5.74) is 1.93. The van der Waals surface area contributed by atoms with Crippen LogP contribution in [0.4, 0.5) is 0 Å². The van der Waals surface area contributed by atoms with Crippen LogP contribution in [-0.4, -0.2) is 15.3 Å². The molecule has 0 aromatic heterocycles. The number of aliphatic hydroxyl groups excluding tert-OH is 2. The van der Waals surface area contributed by atoms with Gasteiger partial charge in [-0.1, -0.05) is 46.1 Å². The Bertz CT molecular complexity index is 411. The van der Waals surface area contributed by atoms with Crippen molar-refractivity contribution in [2.45, 2.75) is 65.1 Å². The minimum Gasteiger partial charge on any atom is -0.508 e. The highest BCUT2D eigenvalue weighted by molar-refractivity contribution is 5.48. The molecule has 0 aliphatic heterocycles. The third-order valence-corrected chi connectivity index (χ3v) is 3.80. The Morgan fingerprint density at radius 1 is 1.05 bits per heavy atom. The molecule has 0 bridgehead atoms. The molecule has 3 N–H and O–H groups in total. The number of aliphatic hydroxyl groups is 2. The van der Waals surface area contributed by atoms with Gasteiger partial charge in [-0.05, 0) is 29.0 Å². The molecule has 0 spiro atoms. The van der Waals surface area contributed by atoms with Crippen molar-refractivity contribution in [2.24, 2.45) is 0 Å². The van der Waals surface area contributed by atoms with Gasteiger partial charge >= 0.3 is 0 Å². The van der Waals surface area contributed by atoms with Crippen LogP contribution in [0.3, 0.4) is 0 Å². The molecule has 3 nitrogen and oxygen atoms in total. The molecule has 0 heterocycles. The van der Waals surface area contributed by atoms with Crippen molar-refractivity contribution < 1.29 is 15.3 Å². The third kappa shape index (κ3) is 3.71. The second-order valence-electron chi connectivity index (χ2n) is 5.75. The first-order chi connectivity index (χ1) is 8.97. The average Bonchev–Trinajstić information content (AvgIpc) is 2.38. The molecular weight excluding hydrogens is 240 g/mol. The molecule has 108 valence electrons. The van der Waals surface area contributed by atoms with E-state index in [-0.39, 0.29) is 24.4 Å². The molecular formula is C16H26O3. The van der Waals surface area contributed by atoms with Gasteiger partial charge in [0.2, 0.25) is 0 Å². The molecule has 0 saturated carbocycles. The van der Waals surface area contributed by atoms with Gasteiger partial charge in [0.15, 0.2) is 0 Å². The highest BCUT2D eigenvalue weighted by atomic mass is 16.3. The van der Waals surface area contributed by atoms with Gasteiger partial charge in [0.25, 0.3) is 0 Å². The smallest absolute Gasteiger partial charge is 0.119 e. The Labute approximate surface area is 115 Å². The van der Waals surface area contributed by atoms with Crippen LogP contribution in [-0.2, 0) is 18.6 Å². The first-order valence-electron chi connectivity index (χ1n) is 7.03. The van der Waals surface area contributed by atoms with E-state index in [0.29, 0.717) is 11.1 Å².